The number of hydrogen-bond donors (Lipinski definition) is 0. The lowest BCUT2D eigenvalue weighted by molar-refractivity contribution is 0.626. The van der Waals surface area contributed by atoms with Gasteiger partial charge in [0.1, 0.15) is 5.82 Å². The van der Waals surface area contributed by atoms with Gasteiger partial charge in [0.05, 0.1) is 0 Å². The number of nitrogens with zero attached hydrogens (tertiary/aromatic N) is 1. The molecule has 0 bridgehead atoms. The van der Waals surface area contributed by atoms with Crippen LogP contribution in [-0.4, -0.2) is 4.57 Å². The van der Waals surface area contributed by atoms with E-state index >= 15 is 0 Å². The minimum absolute atomic E-state index is 0.199. The fourth-order valence-corrected chi connectivity index (χ4v) is 1.69. The van der Waals surface area contributed by atoms with E-state index < -0.39 is 0 Å². The molecule has 72 valence electrons. The predicted molar refractivity (Wildman–Crippen MR) is 55.2 cm³/mol. The van der Waals surface area contributed by atoms with Crippen LogP contribution in [-0.2, 0) is 0 Å². The molecule has 0 unspecified atom stereocenters. The Hall–Kier alpha value is -1.57. The summed E-state index contributed by atoms with van der Waals surface area (Å²) >= 11 is 0. The van der Waals surface area contributed by atoms with Gasteiger partial charge in [-0.15, -0.1) is 0 Å². The Bertz CT molecular complexity index is 438. The van der Waals surface area contributed by atoms with Gasteiger partial charge in [-0.1, -0.05) is 6.07 Å². The minimum atomic E-state index is -0.199. The molecule has 2 heteroatoms. The smallest absolute Gasteiger partial charge is 0.125 e. The van der Waals surface area contributed by atoms with Crippen molar-refractivity contribution in [1.82, 2.24) is 4.57 Å². The van der Waals surface area contributed by atoms with E-state index in [0.717, 1.165) is 17.1 Å². The van der Waals surface area contributed by atoms with Crippen LogP contribution in [0.5, 0.6) is 0 Å². The summed E-state index contributed by atoms with van der Waals surface area (Å²) in [7, 11) is 0. The quantitative estimate of drug-likeness (QED) is 0.649. The number of aryl methyl sites for hydroxylation is 2. The lowest BCUT2D eigenvalue weighted by atomic mass is 10.3. The van der Waals surface area contributed by atoms with E-state index in [1.165, 1.54) is 6.07 Å². The zero-order valence-electron chi connectivity index (χ0n) is 8.29. The highest BCUT2D eigenvalue weighted by Gasteiger charge is 2.03. The van der Waals surface area contributed by atoms with Gasteiger partial charge in [-0.3, -0.25) is 0 Å². The lowest BCUT2D eigenvalue weighted by Crippen LogP contribution is -1.98. The zero-order chi connectivity index (χ0) is 10.1. The summed E-state index contributed by atoms with van der Waals surface area (Å²) in [5.41, 5.74) is 3.12. The van der Waals surface area contributed by atoms with E-state index in [1.54, 1.807) is 12.1 Å². The van der Waals surface area contributed by atoms with Gasteiger partial charge in [0.15, 0.2) is 0 Å². The van der Waals surface area contributed by atoms with E-state index in [0.29, 0.717) is 0 Å². The number of rotatable bonds is 1. The van der Waals surface area contributed by atoms with Gasteiger partial charge in [0.25, 0.3) is 0 Å². The van der Waals surface area contributed by atoms with Crippen LogP contribution in [0.4, 0.5) is 4.39 Å². The van der Waals surface area contributed by atoms with E-state index in [9.17, 15) is 4.39 Å². The zero-order valence-corrected chi connectivity index (χ0v) is 8.29. The topological polar surface area (TPSA) is 4.93 Å². The highest BCUT2D eigenvalue weighted by Crippen LogP contribution is 2.16. The summed E-state index contributed by atoms with van der Waals surface area (Å²) in [6, 6.07) is 10.7. The van der Waals surface area contributed by atoms with Crippen LogP contribution in [0.3, 0.4) is 0 Å². The summed E-state index contributed by atoms with van der Waals surface area (Å²) in [4.78, 5) is 0. The minimum Gasteiger partial charge on any atom is -0.318 e. The van der Waals surface area contributed by atoms with Crippen molar-refractivity contribution in [3.63, 3.8) is 0 Å². The first-order valence-electron chi connectivity index (χ1n) is 4.59. The molecule has 1 aromatic carbocycles. The average molecular weight is 189 g/mol. The monoisotopic (exact) mass is 189 g/mol. The van der Waals surface area contributed by atoms with Crippen molar-refractivity contribution in [2.24, 2.45) is 0 Å². The largest absolute Gasteiger partial charge is 0.318 e. The van der Waals surface area contributed by atoms with Crippen molar-refractivity contribution in [1.29, 1.82) is 0 Å². The molecule has 0 saturated heterocycles. The highest BCUT2D eigenvalue weighted by molar-refractivity contribution is 5.37. The van der Waals surface area contributed by atoms with E-state index in [-0.39, 0.29) is 5.82 Å². The van der Waals surface area contributed by atoms with Gasteiger partial charge in [-0.2, -0.15) is 0 Å². The molecule has 0 atom stereocenters. The second-order valence-electron chi connectivity index (χ2n) is 3.43. The van der Waals surface area contributed by atoms with Gasteiger partial charge < -0.3 is 4.57 Å². The molecule has 1 heterocycles. The van der Waals surface area contributed by atoms with Gasteiger partial charge in [-0.25, -0.2) is 4.39 Å². The Kier molecular flexibility index (Phi) is 2.12. The number of halogens is 1. The molecule has 1 nitrogen and oxygen atoms in total. The second kappa shape index (κ2) is 3.29. The Morgan fingerprint density at radius 2 is 1.64 bits per heavy atom. The standard InChI is InChI=1S/C12H12FN/c1-9-6-7-10(2)14(9)12-5-3-4-11(13)8-12/h3-8H,1-2H3. The van der Waals surface area contributed by atoms with Crippen LogP contribution in [0.1, 0.15) is 11.4 Å². The van der Waals surface area contributed by atoms with E-state index in [1.807, 2.05) is 36.6 Å². The number of aromatic nitrogens is 1. The van der Waals surface area contributed by atoms with Crippen LogP contribution in [0.15, 0.2) is 36.4 Å². The molecule has 0 radical (unpaired) electrons. The van der Waals surface area contributed by atoms with Crippen LogP contribution >= 0.6 is 0 Å². The van der Waals surface area contributed by atoms with Crippen molar-refractivity contribution in [3.8, 4) is 5.69 Å². The maximum absolute atomic E-state index is 13.0. The molecule has 2 aromatic rings. The molecule has 2 rings (SSSR count). The molecule has 0 aliphatic rings. The molecule has 1 aromatic heterocycles. The molecule has 0 saturated carbocycles. The molecule has 0 spiro atoms. The van der Waals surface area contributed by atoms with Crippen molar-refractivity contribution in [2.75, 3.05) is 0 Å². The molecule has 0 N–H and O–H groups in total. The summed E-state index contributed by atoms with van der Waals surface area (Å²) in [5.74, 6) is -0.199. The van der Waals surface area contributed by atoms with Gasteiger partial charge in [0.2, 0.25) is 0 Å². The third-order valence-corrected chi connectivity index (χ3v) is 2.34. The summed E-state index contributed by atoms with van der Waals surface area (Å²) in [5, 5.41) is 0. The van der Waals surface area contributed by atoms with Gasteiger partial charge in [-0.05, 0) is 44.2 Å². The van der Waals surface area contributed by atoms with Crippen LogP contribution in [0.2, 0.25) is 0 Å². The highest BCUT2D eigenvalue weighted by atomic mass is 19.1. The maximum atomic E-state index is 13.0. The Morgan fingerprint density at radius 1 is 1.00 bits per heavy atom. The molecule has 0 aliphatic carbocycles. The third kappa shape index (κ3) is 1.43. The molecule has 14 heavy (non-hydrogen) atoms. The molecular formula is C12H12FN. The van der Waals surface area contributed by atoms with Crippen LogP contribution in [0, 0.1) is 19.7 Å². The Morgan fingerprint density at radius 3 is 2.21 bits per heavy atom. The van der Waals surface area contributed by atoms with Crippen molar-refractivity contribution in [3.05, 3.63) is 53.6 Å². The first-order valence-corrected chi connectivity index (χ1v) is 4.59. The molecule has 0 aliphatic heterocycles. The second-order valence-corrected chi connectivity index (χ2v) is 3.43. The van der Waals surface area contributed by atoms with E-state index in [4.69, 9.17) is 0 Å². The van der Waals surface area contributed by atoms with Gasteiger partial charge >= 0.3 is 0 Å². The summed E-state index contributed by atoms with van der Waals surface area (Å²) < 4.78 is 15.0. The summed E-state index contributed by atoms with van der Waals surface area (Å²) in [6.45, 7) is 4.02. The normalized spacial score (nSPS) is 10.5. The predicted octanol–water partition coefficient (Wildman–Crippen LogP) is 3.23. The fourth-order valence-electron chi connectivity index (χ4n) is 1.69. The van der Waals surface area contributed by atoms with Crippen molar-refractivity contribution < 1.29 is 4.39 Å². The van der Waals surface area contributed by atoms with Crippen LogP contribution in [0.25, 0.3) is 5.69 Å². The van der Waals surface area contributed by atoms with Gasteiger partial charge in [0, 0.05) is 17.1 Å². The van der Waals surface area contributed by atoms with Crippen LogP contribution < -0.4 is 0 Å². The average Bonchev–Trinajstić information content (AvgIpc) is 2.46. The number of hydrogen-bond acceptors (Lipinski definition) is 0. The third-order valence-electron chi connectivity index (χ3n) is 2.34. The Balaban J connectivity index is 2.59. The fraction of sp³-hybridized carbons (Fsp3) is 0.167. The first kappa shape index (κ1) is 9.00. The molecule has 0 amide bonds. The molecule has 0 fully saturated rings. The Labute approximate surface area is 82.8 Å². The SMILES string of the molecule is Cc1ccc(C)n1-c1cccc(F)c1. The van der Waals surface area contributed by atoms with Crippen molar-refractivity contribution >= 4 is 0 Å². The number of benzene rings is 1. The molecular weight excluding hydrogens is 177 g/mol. The lowest BCUT2D eigenvalue weighted by Gasteiger charge is -2.08. The summed E-state index contributed by atoms with van der Waals surface area (Å²) in [6.07, 6.45) is 0. The maximum Gasteiger partial charge on any atom is 0.125 e. The first-order chi connectivity index (χ1) is 6.68. The van der Waals surface area contributed by atoms with Crippen molar-refractivity contribution in [2.45, 2.75) is 13.8 Å². The van der Waals surface area contributed by atoms with E-state index in [2.05, 4.69) is 0 Å².